The Bertz CT molecular complexity index is 229. The van der Waals surface area contributed by atoms with Gasteiger partial charge in [0.05, 0.1) is 12.6 Å². The van der Waals surface area contributed by atoms with E-state index in [0.717, 1.165) is 32.3 Å². The Morgan fingerprint density at radius 3 is 2.73 bits per heavy atom. The molecular formula is C10H19N3O2. The molecule has 0 aromatic rings. The third-order valence-electron chi connectivity index (χ3n) is 3.15. The first-order valence-corrected chi connectivity index (χ1v) is 5.66. The molecule has 5 heteroatoms. The van der Waals surface area contributed by atoms with Crippen LogP contribution < -0.4 is 16.4 Å². The van der Waals surface area contributed by atoms with Crippen molar-refractivity contribution in [1.82, 2.24) is 10.6 Å². The maximum atomic E-state index is 11.6. The first kappa shape index (κ1) is 10.7. The highest BCUT2D eigenvalue weighted by atomic mass is 16.5. The van der Waals surface area contributed by atoms with Gasteiger partial charge >= 0.3 is 6.03 Å². The lowest BCUT2D eigenvalue weighted by Gasteiger charge is -2.19. The maximum absolute atomic E-state index is 11.6. The summed E-state index contributed by atoms with van der Waals surface area (Å²) in [4.78, 5) is 11.6. The Balaban J connectivity index is 1.71. The van der Waals surface area contributed by atoms with E-state index < -0.39 is 0 Å². The number of amides is 2. The lowest BCUT2D eigenvalue weighted by molar-refractivity contribution is 0.188. The van der Waals surface area contributed by atoms with Crippen molar-refractivity contribution in [3.63, 3.8) is 0 Å². The molecule has 4 N–H and O–H groups in total. The van der Waals surface area contributed by atoms with Crippen molar-refractivity contribution < 1.29 is 9.53 Å². The fourth-order valence-electron chi connectivity index (χ4n) is 2.21. The molecule has 2 fully saturated rings. The van der Waals surface area contributed by atoms with Crippen LogP contribution in [0.1, 0.15) is 25.7 Å². The fraction of sp³-hybridized carbons (Fsp3) is 0.900. The molecule has 1 aliphatic carbocycles. The first-order chi connectivity index (χ1) is 7.25. The zero-order valence-corrected chi connectivity index (χ0v) is 8.87. The minimum absolute atomic E-state index is 0.104. The van der Waals surface area contributed by atoms with E-state index in [4.69, 9.17) is 10.5 Å². The molecule has 86 valence electrons. The summed E-state index contributed by atoms with van der Waals surface area (Å²) in [5.41, 5.74) is 5.87. The fourth-order valence-corrected chi connectivity index (χ4v) is 2.21. The standard InChI is InChI=1S/C10H19N3O2/c11-8-2-1-3-9(8)13-10(14)12-7-4-5-15-6-7/h7-9H,1-6,11H2,(H2,12,13,14). The van der Waals surface area contributed by atoms with Gasteiger partial charge in [0.25, 0.3) is 0 Å². The van der Waals surface area contributed by atoms with Crippen LogP contribution in [0, 0.1) is 0 Å². The number of carbonyl (C=O) groups excluding carboxylic acids is 1. The zero-order chi connectivity index (χ0) is 10.7. The van der Waals surface area contributed by atoms with E-state index in [-0.39, 0.29) is 24.2 Å². The number of ether oxygens (including phenoxy) is 1. The Morgan fingerprint density at radius 1 is 1.27 bits per heavy atom. The minimum atomic E-state index is -0.104. The molecule has 1 saturated carbocycles. The van der Waals surface area contributed by atoms with Gasteiger partial charge in [0.1, 0.15) is 0 Å². The van der Waals surface area contributed by atoms with Crippen LogP contribution in [0.3, 0.4) is 0 Å². The van der Waals surface area contributed by atoms with E-state index in [1.807, 2.05) is 0 Å². The van der Waals surface area contributed by atoms with Crippen LogP contribution >= 0.6 is 0 Å². The molecule has 0 aromatic carbocycles. The van der Waals surface area contributed by atoms with Crippen LogP contribution in [0.2, 0.25) is 0 Å². The third-order valence-corrected chi connectivity index (χ3v) is 3.15. The van der Waals surface area contributed by atoms with Crippen LogP contribution in [0.25, 0.3) is 0 Å². The van der Waals surface area contributed by atoms with Crippen molar-refractivity contribution in [2.24, 2.45) is 5.73 Å². The van der Waals surface area contributed by atoms with Gasteiger partial charge in [0.15, 0.2) is 0 Å². The minimum Gasteiger partial charge on any atom is -0.379 e. The first-order valence-electron chi connectivity index (χ1n) is 5.66. The number of urea groups is 1. The molecule has 1 aliphatic heterocycles. The van der Waals surface area contributed by atoms with E-state index in [1.165, 1.54) is 0 Å². The molecule has 1 saturated heterocycles. The number of rotatable bonds is 2. The lowest BCUT2D eigenvalue weighted by atomic mass is 10.2. The molecule has 0 spiro atoms. The Hall–Kier alpha value is -0.810. The summed E-state index contributed by atoms with van der Waals surface area (Å²) in [6, 6.07) is 0.332. The molecule has 0 bridgehead atoms. The average molecular weight is 213 g/mol. The zero-order valence-electron chi connectivity index (χ0n) is 8.87. The van der Waals surface area contributed by atoms with Crippen molar-refractivity contribution in [3.8, 4) is 0 Å². The highest BCUT2D eigenvalue weighted by Gasteiger charge is 2.26. The predicted octanol–water partition coefficient (Wildman–Crippen LogP) is -0.0457. The number of nitrogens with one attached hydrogen (secondary N) is 2. The number of nitrogens with two attached hydrogens (primary N) is 1. The second-order valence-electron chi connectivity index (χ2n) is 4.38. The van der Waals surface area contributed by atoms with Crippen LogP contribution in [0.4, 0.5) is 4.79 Å². The highest BCUT2D eigenvalue weighted by Crippen LogP contribution is 2.16. The van der Waals surface area contributed by atoms with Crippen LogP contribution in [0.15, 0.2) is 0 Å². The number of hydrogen-bond acceptors (Lipinski definition) is 3. The number of hydrogen-bond donors (Lipinski definition) is 3. The van der Waals surface area contributed by atoms with Gasteiger partial charge in [0, 0.05) is 18.7 Å². The largest absolute Gasteiger partial charge is 0.379 e. The van der Waals surface area contributed by atoms with E-state index in [9.17, 15) is 4.79 Å². The Labute approximate surface area is 89.7 Å². The van der Waals surface area contributed by atoms with Gasteiger partial charge in [-0.1, -0.05) is 0 Å². The van der Waals surface area contributed by atoms with Gasteiger partial charge in [-0.3, -0.25) is 0 Å². The summed E-state index contributed by atoms with van der Waals surface area (Å²) < 4.78 is 5.18. The van der Waals surface area contributed by atoms with Crippen molar-refractivity contribution in [2.75, 3.05) is 13.2 Å². The molecular weight excluding hydrogens is 194 g/mol. The van der Waals surface area contributed by atoms with E-state index in [0.29, 0.717) is 6.61 Å². The predicted molar refractivity (Wildman–Crippen MR) is 56.5 cm³/mol. The maximum Gasteiger partial charge on any atom is 0.315 e. The second-order valence-corrected chi connectivity index (χ2v) is 4.38. The summed E-state index contributed by atoms with van der Waals surface area (Å²) in [6.07, 6.45) is 4.02. The van der Waals surface area contributed by atoms with E-state index in [1.54, 1.807) is 0 Å². The summed E-state index contributed by atoms with van der Waals surface area (Å²) in [5, 5.41) is 5.82. The van der Waals surface area contributed by atoms with Gasteiger partial charge in [-0.05, 0) is 25.7 Å². The molecule has 3 unspecified atom stereocenters. The van der Waals surface area contributed by atoms with Gasteiger partial charge in [-0.25, -0.2) is 4.79 Å². The lowest BCUT2D eigenvalue weighted by Crippen LogP contribution is -2.50. The topological polar surface area (TPSA) is 76.4 Å². The summed E-state index contributed by atoms with van der Waals surface area (Å²) in [6.45, 7) is 1.37. The molecule has 15 heavy (non-hydrogen) atoms. The van der Waals surface area contributed by atoms with Crippen LogP contribution in [-0.2, 0) is 4.74 Å². The van der Waals surface area contributed by atoms with Crippen molar-refractivity contribution >= 4 is 6.03 Å². The quantitative estimate of drug-likeness (QED) is 0.602. The van der Waals surface area contributed by atoms with Crippen molar-refractivity contribution in [1.29, 1.82) is 0 Å². The smallest absolute Gasteiger partial charge is 0.315 e. The van der Waals surface area contributed by atoms with Crippen molar-refractivity contribution in [3.05, 3.63) is 0 Å². The molecule has 0 radical (unpaired) electrons. The molecule has 2 aliphatic rings. The second kappa shape index (κ2) is 4.81. The molecule has 3 atom stereocenters. The molecule has 0 aromatic heterocycles. The molecule has 2 amide bonds. The van der Waals surface area contributed by atoms with Gasteiger partial charge in [0.2, 0.25) is 0 Å². The van der Waals surface area contributed by atoms with E-state index in [2.05, 4.69) is 10.6 Å². The van der Waals surface area contributed by atoms with Crippen molar-refractivity contribution in [2.45, 2.75) is 43.8 Å². The van der Waals surface area contributed by atoms with E-state index >= 15 is 0 Å². The molecule has 5 nitrogen and oxygen atoms in total. The van der Waals surface area contributed by atoms with Gasteiger partial charge in [-0.2, -0.15) is 0 Å². The van der Waals surface area contributed by atoms with Crippen LogP contribution in [0.5, 0.6) is 0 Å². The van der Waals surface area contributed by atoms with Gasteiger partial charge < -0.3 is 21.1 Å². The SMILES string of the molecule is NC1CCCC1NC(=O)NC1CCOC1. The number of carbonyl (C=O) groups is 1. The van der Waals surface area contributed by atoms with Gasteiger partial charge in [-0.15, -0.1) is 0 Å². The Kier molecular flexibility index (Phi) is 3.43. The average Bonchev–Trinajstić information content (AvgIpc) is 2.79. The normalized spacial score (nSPS) is 35.4. The summed E-state index contributed by atoms with van der Waals surface area (Å²) >= 11 is 0. The monoisotopic (exact) mass is 213 g/mol. The van der Waals surface area contributed by atoms with Crippen LogP contribution in [-0.4, -0.2) is 37.4 Å². The Morgan fingerprint density at radius 2 is 2.13 bits per heavy atom. The summed E-state index contributed by atoms with van der Waals surface area (Å²) in [5.74, 6) is 0. The third kappa shape index (κ3) is 2.82. The highest BCUT2D eigenvalue weighted by molar-refractivity contribution is 5.74. The summed E-state index contributed by atoms with van der Waals surface area (Å²) in [7, 11) is 0. The molecule has 2 rings (SSSR count). The molecule has 1 heterocycles.